The molecule has 0 aliphatic carbocycles. The lowest BCUT2D eigenvalue weighted by atomic mass is 10.1. The van der Waals surface area contributed by atoms with Crippen LogP contribution >= 0.6 is 11.8 Å². The Morgan fingerprint density at radius 1 is 1.10 bits per heavy atom. The molecule has 0 aliphatic rings. The summed E-state index contributed by atoms with van der Waals surface area (Å²) in [6.07, 6.45) is 3.59. The maximum atomic E-state index is 12.3. The lowest BCUT2D eigenvalue weighted by Gasteiger charge is -2.14. The van der Waals surface area contributed by atoms with Gasteiger partial charge < -0.3 is 4.90 Å². The molecule has 0 radical (unpaired) electrons. The summed E-state index contributed by atoms with van der Waals surface area (Å²) in [4.78, 5) is 30.8. The van der Waals surface area contributed by atoms with Crippen molar-refractivity contribution in [3.05, 3.63) is 71.5 Å². The molecule has 0 atom stereocenters. The second-order valence-corrected chi connectivity index (χ2v) is 8.05. The molecule has 2 aromatic carbocycles. The number of benzene rings is 2. The van der Waals surface area contributed by atoms with Gasteiger partial charge in [-0.15, -0.1) is 0 Å². The lowest BCUT2D eigenvalue weighted by Crippen LogP contribution is -2.42. The highest BCUT2D eigenvalue weighted by atomic mass is 32.2. The molecule has 1 aromatic heterocycles. The van der Waals surface area contributed by atoms with Gasteiger partial charge in [0.2, 0.25) is 5.91 Å². The number of aromatic nitrogens is 2. The Bertz CT molecular complexity index is 1060. The van der Waals surface area contributed by atoms with Gasteiger partial charge in [0.25, 0.3) is 5.91 Å². The summed E-state index contributed by atoms with van der Waals surface area (Å²) in [5.41, 5.74) is 9.61. The summed E-state index contributed by atoms with van der Waals surface area (Å²) in [6.45, 7) is 4.08. The Kier molecular flexibility index (Phi) is 6.79. The van der Waals surface area contributed by atoms with Crippen molar-refractivity contribution in [3.63, 3.8) is 0 Å². The van der Waals surface area contributed by atoms with E-state index in [1.165, 1.54) is 11.8 Å². The molecule has 0 saturated heterocycles. The third-order valence-electron chi connectivity index (χ3n) is 4.50. The van der Waals surface area contributed by atoms with E-state index in [0.29, 0.717) is 10.7 Å². The van der Waals surface area contributed by atoms with Gasteiger partial charge in [0.05, 0.1) is 11.4 Å². The molecule has 8 heteroatoms. The number of anilines is 1. The summed E-state index contributed by atoms with van der Waals surface area (Å²) in [5, 5.41) is 0.712. The van der Waals surface area contributed by atoms with E-state index in [0.717, 1.165) is 22.5 Å². The number of imidazole rings is 1. The first-order valence-electron chi connectivity index (χ1n) is 9.45. The van der Waals surface area contributed by atoms with Crippen molar-refractivity contribution >= 4 is 29.3 Å². The van der Waals surface area contributed by atoms with E-state index in [9.17, 15) is 9.59 Å². The zero-order chi connectivity index (χ0) is 21.7. The maximum Gasteiger partial charge on any atom is 0.269 e. The monoisotopic (exact) mass is 423 g/mol. The van der Waals surface area contributed by atoms with Gasteiger partial charge in [-0.25, -0.2) is 4.98 Å². The smallest absolute Gasteiger partial charge is 0.269 e. The third kappa shape index (κ3) is 5.21. The van der Waals surface area contributed by atoms with E-state index in [2.05, 4.69) is 34.0 Å². The summed E-state index contributed by atoms with van der Waals surface area (Å²) in [6, 6.07) is 13.4. The largest absolute Gasteiger partial charge is 0.378 e. The second kappa shape index (κ2) is 9.49. The van der Waals surface area contributed by atoms with Crippen molar-refractivity contribution in [2.75, 3.05) is 24.7 Å². The van der Waals surface area contributed by atoms with Gasteiger partial charge >= 0.3 is 0 Å². The molecule has 0 saturated carbocycles. The molecule has 1 heterocycles. The van der Waals surface area contributed by atoms with Crippen LogP contribution in [0.1, 0.15) is 21.5 Å². The number of hydrogen-bond donors (Lipinski definition) is 2. The summed E-state index contributed by atoms with van der Waals surface area (Å²) >= 11 is 1.31. The second-order valence-electron chi connectivity index (χ2n) is 7.11. The minimum atomic E-state index is -0.367. The number of nitrogens with zero attached hydrogens (tertiary/aromatic N) is 3. The quantitative estimate of drug-likeness (QED) is 0.470. The van der Waals surface area contributed by atoms with Gasteiger partial charge in [-0.2, -0.15) is 0 Å². The van der Waals surface area contributed by atoms with Gasteiger partial charge in [0.15, 0.2) is 5.16 Å². The van der Waals surface area contributed by atoms with Crippen LogP contribution in [0.25, 0.3) is 5.69 Å². The molecule has 30 heavy (non-hydrogen) atoms. The molecule has 0 aliphatic heterocycles. The molecule has 0 bridgehead atoms. The fraction of sp³-hybridized carbons (Fsp3) is 0.227. The fourth-order valence-electron chi connectivity index (χ4n) is 2.85. The first kappa shape index (κ1) is 21.4. The number of thioether (sulfide) groups is 1. The molecule has 3 aromatic rings. The topological polar surface area (TPSA) is 79.3 Å². The lowest BCUT2D eigenvalue weighted by molar-refractivity contribution is -0.119. The normalized spacial score (nSPS) is 10.5. The van der Waals surface area contributed by atoms with Crippen LogP contribution < -0.4 is 15.8 Å². The Hall–Kier alpha value is -3.26. The van der Waals surface area contributed by atoms with E-state index in [1.807, 2.05) is 49.7 Å². The molecule has 7 nitrogen and oxygen atoms in total. The van der Waals surface area contributed by atoms with E-state index in [1.54, 1.807) is 24.4 Å². The molecular weight excluding hydrogens is 398 g/mol. The van der Waals surface area contributed by atoms with Crippen LogP contribution in [0, 0.1) is 13.8 Å². The van der Waals surface area contributed by atoms with Crippen molar-refractivity contribution in [1.82, 2.24) is 20.4 Å². The van der Waals surface area contributed by atoms with Crippen molar-refractivity contribution < 1.29 is 9.59 Å². The van der Waals surface area contributed by atoms with Crippen LogP contribution in [-0.4, -0.2) is 41.2 Å². The number of rotatable bonds is 6. The predicted octanol–water partition coefficient (Wildman–Crippen LogP) is 3.11. The van der Waals surface area contributed by atoms with Gasteiger partial charge in [-0.1, -0.05) is 30.0 Å². The van der Waals surface area contributed by atoms with Crippen LogP contribution in [0.15, 0.2) is 60.0 Å². The van der Waals surface area contributed by atoms with E-state index in [-0.39, 0.29) is 17.6 Å². The molecule has 0 spiro atoms. The highest BCUT2D eigenvalue weighted by Gasteiger charge is 2.12. The third-order valence-corrected chi connectivity index (χ3v) is 5.47. The zero-order valence-corrected chi connectivity index (χ0v) is 18.3. The van der Waals surface area contributed by atoms with Gasteiger partial charge in [-0.05, 0) is 49.2 Å². The molecule has 3 rings (SSSR count). The average molecular weight is 424 g/mol. The molecule has 156 valence electrons. The van der Waals surface area contributed by atoms with Crippen LogP contribution in [-0.2, 0) is 4.79 Å². The highest BCUT2D eigenvalue weighted by Crippen LogP contribution is 2.23. The average Bonchev–Trinajstić information content (AvgIpc) is 3.20. The Balaban J connectivity index is 1.57. The number of hydrazine groups is 1. The van der Waals surface area contributed by atoms with Crippen molar-refractivity contribution in [2.24, 2.45) is 0 Å². The highest BCUT2D eigenvalue weighted by molar-refractivity contribution is 7.99. The Labute approximate surface area is 180 Å². The molecule has 0 fully saturated rings. The Morgan fingerprint density at radius 2 is 1.90 bits per heavy atom. The minimum absolute atomic E-state index is 0.125. The number of amides is 2. The first-order chi connectivity index (χ1) is 14.3. The SMILES string of the molecule is Cc1ccc(C)c(-n2ccnc2SCC(=O)NNC(=O)c2cccc(N(C)C)c2)c1. The summed E-state index contributed by atoms with van der Waals surface area (Å²) < 4.78 is 1.96. The summed E-state index contributed by atoms with van der Waals surface area (Å²) in [5.74, 6) is -0.554. The van der Waals surface area contributed by atoms with Crippen LogP contribution in [0.2, 0.25) is 0 Å². The number of hydrogen-bond acceptors (Lipinski definition) is 5. The van der Waals surface area contributed by atoms with E-state index < -0.39 is 0 Å². The van der Waals surface area contributed by atoms with Crippen LogP contribution in [0.5, 0.6) is 0 Å². The van der Waals surface area contributed by atoms with Gasteiger partial charge in [0, 0.05) is 37.7 Å². The van der Waals surface area contributed by atoms with E-state index in [4.69, 9.17) is 0 Å². The Morgan fingerprint density at radius 3 is 2.67 bits per heavy atom. The number of nitrogens with one attached hydrogen (secondary N) is 2. The zero-order valence-electron chi connectivity index (χ0n) is 17.5. The van der Waals surface area contributed by atoms with Crippen LogP contribution in [0.4, 0.5) is 5.69 Å². The number of carbonyl (C=O) groups excluding carboxylic acids is 2. The number of carbonyl (C=O) groups is 2. The molecule has 2 N–H and O–H groups in total. The van der Waals surface area contributed by atoms with Crippen molar-refractivity contribution in [2.45, 2.75) is 19.0 Å². The van der Waals surface area contributed by atoms with Crippen molar-refractivity contribution in [3.8, 4) is 5.69 Å². The van der Waals surface area contributed by atoms with E-state index >= 15 is 0 Å². The van der Waals surface area contributed by atoms with Gasteiger partial charge in [0.1, 0.15) is 0 Å². The number of aryl methyl sites for hydroxylation is 2. The molecule has 0 unspecified atom stereocenters. The van der Waals surface area contributed by atoms with Gasteiger partial charge in [-0.3, -0.25) is 25.0 Å². The summed E-state index contributed by atoms with van der Waals surface area (Å²) in [7, 11) is 3.80. The van der Waals surface area contributed by atoms with Crippen LogP contribution in [0.3, 0.4) is 0 Å². The standard InChI is InChI=1S/C22H25N5O2S/c1-15-8-9-16(2)19(12-15)27-11-10-23-22(27)30-14-20(28)24-25-21(29)17-6-5-7-18(13-17)26(3)4/h5-13H,14H2,1-4H3,(H,24,28)(H,25,29). The molecular formula is C22H25N5O2S. The fourth-order valence-corrected chi connectivity index (χ4v) is 3.62. The maximum absolute atomic E-state index is 12.3. The van der Waals surface area contributed by atoms with Crippen molar-refractivity contribution in [1.29, 1.82) is 0 Å². The first-order valence-corrected chi connectivity index (χ1v) is 10.4. The minimum Gasteiger partial charge on any atom is -0.378 e. The molecule has 2 amide bonds. The predicted molar refractivity (Wildman–Crippen MR) is 120 cm³/mol.